The molecule has 46 heavy (non-hydrogen) atoms. The van der Waals surface area contributed by atoms with Crippen molar-refractivity contribution in [1.82, 2.24) is 0 Å². The van der Waals surface area contributed by atoms with E-state index < -0.39 is 59.3 Å². The Bertz CT molecular complexity index is 455. The van der Waals surface area contributed by atoms with Crippen molar-refractivity contribution in [2.24, 2.45) is 0 Å². The maximum absolute atomic E-state index is 6.25. The summed E-state index contributed by atoms with van der Waals surface area (Å²) in [6, 6.07) is 0. The summed E-state index contributed by atoms with van der Waals surface area (Å²) >= 11 is -2.10. The van der Waals surface area contributed by atoms with Crippen LogP contribution in [0.25, 0.3) is 0 Å². The van der Waals surface area contributed by atoms with Gasteiger partial charge in [-0.05, 0) is 0 Å². The fourth-order valence-electron chi connectivity index (χ4n) is 3.78. The summed E-state index contributed by atoms with van der Waals surface area (Å²) in [5, 5.41) is 37.5. The Hall–Kier alpha value is -0.144. The Labute approximate surface area is 323 Å². The van der Waals surface area contributed by atoms with Crippen molar-refractivity contribution in [2.75, 3.05) is 0 Å². The molecule has 0 amide bonds. The minimum Gasteiger partial charge on any atom is -0.512 e. The van der Waals surface area contributed by atoms with Gasteiger partial charge in [-0.2, -0.15) is 0 Å². The smallest absolute Gasteiger partial charge is 0.512 e. The molecule has 0 aromatic heterocycles. The number of nitrogens with zero attached hydrogens (tertiary/aromatic N) is 6. The molecule has 0 aliphatic carbocycles. The van der Waals surface area contributed by atoms with Crippen LogP contribution in [0.3, 0.4) is 0 Å². The van der Waals surface area contributed by atoms with Crippen molar-refractivity contribution >= 4 is 59.3 Å². The molecular formula is C36H69FeN6Sn3. The minimum atomic E-state index is -0.701. The molecule has 0 bridgehead atoms. The maximum Gasteiger partial charge on any atom is 3.00 e. The normalized spacial score (nSPS) is 7.50. The molecule has 6 nitrogen and oxygen atoms in total. The topological polar surface area (TPSA) is 143 Å². The molecule has 0 saturated carbocycles. The third-order valence-electron chi connectivity index (χ3n) is 6.09. The van der Waals surface area contributed by atoms with E-state index in [1.807, 2.05) is 0 Å². The molecule has 0 aliphatic heterocycles. The van der Waals surface area contributed by atoms with Crippen LogP contribution in [0.5, 0.6) is 0 Å². The summed E-state index contributed by atoms with van der Waals surface area (Å²) < 4.78 is 4.86. The largest absolute Gasteiger partial charge is 3.00 e. The van der Waals surface area contributed by atoms with Gasteiger partial charge in [0.25, 0.3) is 0 Å². The molecular weight excluding hydrogens is 928 g/mol. The van der Waals surface area contributed by atoms with Crippen LogP contribution in [0.1, 0.15) is 136 Å². The van der Waals surface area contributed by atoms with Crippen LogP contribution in [0, 0.1) is 71.0 Å². The van der Waals surface area contributed by atoms with Gasteiger partial charge < -0.3 is 71.0 Å². The number of hydrogen-bond acceptors (Lipinski definition) is 6. The van der Waals surface area contributed by atoms with Gasteiger partial charge in [0.2, 0.25) is 0 Å². The van der Waals surface area contributed by atoms with Crippen LogP contribution in [0.2, 0.25) is 42.9 Å². The summed E-state index contributed by atoms with van der Waals surface area (Å²) in [7, 11) is 0. The van der Waals surface area contributed by atoms with Gasteiger partial charge >= 0.3 is 256 Å². The standard InChI is InChI=1S/3C8H17.6CN.6CH3.Fe.3Sn/c3*1-3-5-7-8-6-4-2;6*1-2;;;;;;;;;;/h3*1,3-8H2,2H3;;;;;;;6*1H3;;;;/q;;;6*-1;;;;;;;+3;3*+1. The second-order valence-corrected chi connectivity index (χ2v) is 36.1. The van der Waals surface area contributed by atoms with Gasteiger partial charge in [0.15, 0.2) is 0 Å². The predicted octanol–water partition coefficient (Wildman–Crippen LogP) is 12.9. The average molecular weight is 998 g/mol. The fraction of sp³-hybridized carbons (Fsp3) is 0.833. The SMILES string of the molecule is CCCCCCC[CH2][Sn+]([CH3])[CH3].CCCCCCC[CH2][Sn+]([CH3])[CH3].CCCCCCC[CH2][Sn+]([CH3])[CH3].[C-]#N.[C-]#N.[C-]#N.[C-]#N.[C-]#N.[C-]#N.[Fe+3]. The van der Waals surface area contributed by atoms with Crippen molar-refractivity contribution in [1.29, 1.82) is 31.6 Å². The van der Waals surface area contributed by atoms with E-state index in [0.29, 0.717) is 0 Å². The Balaban J connectivity index is -0.0000000447. The van der Waals surface area contributed by atoms with Gasteiger partial charge in [-0.3, -0.25) is 0 Å². The van der Waals surface area contributed by atoms with E-state index in [9.17, 15) is 0 Å². The molecule has 0 atom stereocenters. The summed E-state index contributed by atoms with van der Waals surface area (Å²) in [5.74, 6) is 0. The molecule has 0 fully saturated rings. The first-order valence-corrected chi connectivity index (χ1v) is 39.7. The molecule has 0 N–H and O–H groups in total. The van der Waals surface area contributed by atoms with Gasteiger partial charge in [-0.25, -0.2) is 0 Å². The molecule has 10 heteroatoms. The van der Waals surface area contributed by atoms with Crippen molar-refractivity contribution in [2.45, 2.75) is 179 Å². The molecule has 0 rings (SSSR count). The van der Waals surface area contributed by atoms with E-state index in [2.05, 4.69) is 50.4 Å². The zero-order chi connectivity index (χ0) is 37.6. The summed E-state index contributed by atoms with van der Waals surface area (Å²) in [6.07, 6.45) is 26.5. The van der Waals surface area contributed by atoms with E-state index in [4.69, 9.17) is 71.0 Å². The Kier molecular flexibility index (Phi) is 151. The number of rotatable bonds is 21. The zero-order valence-corrected chi connectivity index (χ0v) is 41.1. The third kappa shape index (κ3) is 142. The van der Waals surface area contributed by atoms with E-state index in [1.165, 1.54) is 116 Å². The van der Waals surface area contributed by atoms with Crippen LogP contribution >= 0.6 is 0 Å². The van der Waals surface area contributed by atoms with Crippen LogP contribution in [0.15, 0.2) is 0 Å². The second-order valence-electron chi connectivity index (χ2n) is 11.2. The molecule has 0 spiro atoms. The summed E-state index contributed by atoms with van der Waals surface area (Å²) in [4.78, 5) is 15.0. The van der Waals surface area contributed by atoms with E-state index in [-0.39, 0.29) is 17.1 Å². The summed E-state index contributed by atoms with van der Waals surface area (Å²) in [6.45, 7) is 35.3. The molecule has 0 saturated heterocycles. The number of hydrogen-bond donors (Lipinski definition) is 0. The van der Waals surface area contributed by atoms with Gasteiger partial charge in [-0.15, -0.1) is 0 Å². The van der Waals surface area contributed by atoms with E-state index in [0.717, 1.165) is 0 Å². The fourth-order valence-corrected chi connectivity index (χ4v) is 12.0. The van der Waals surface area contributed by atoms with E-state index in [1.54, 1.807) is 13.3 Å². The molecule has 0 aromatic carbocycles. The predicted molar refractivity (Wildman–Crippen MR) is 197 cm³/mol. The first-order valence-electron chi connectivity index (χ1n) is 16.5. The average Bonchev–Trinajstić information content (AvgIpc) is 3.08. The van der Waals surface area contributed by atoms with Gasteiger partial charge in [0.1, 0.15) is 0 Å². The van der Waals surface area contributed by atoms with Crippen molar-refractivity contribution in [3.05, 3.63) is 39.4 Å². The van der Waals surface area contributed by atoms with Crippen LogP contribution in [0.4, 0.5) is 0 Å². The second kappa shape index (κ2) is 96.8. The quantitative estimate of drug-likeness (QED) is 0.0636. The van der Waals surface area contributed by atoms with Gasteiger partial charge in [0.05, 0.1) is 0 Å². The first kappa shape index (κ1) is 71.8. The van der Waals surface area contributed by atoms with Crippen molar-refractivity contribution in [3.63, 3.8) is 0 Å². The first-order chi connectivity index (χ1) is 21.8. The maximum atomic E-state index is 6.25. The third-order valence-corrected chi connectivity index (χ3v) is 17.7. The Morgan fingerprint density at radius 2 is 0.413 bits per heavy atom. The van der Waals surface area contributed by atoms with Gasteiger partial charge in [0, 0.05) is 0 Å². The molecule has 263 valence electrons. The Morgan fingerprint density at radius 3 is 0.543 bits per heavy atom. The molecule has 0 aliphatic rings. The Morgan fingerprint density at radius 1 is 0.283 bits per heavy atom. The van der Waals surface area contributed by atoms with Gasteiger partial charge in [-0.1, -0.05) is 0 Å². The monoisotopic (exact) mass is 1000 g/mol. The van der Waals surface area contributed by atoms with Crippen molar-refractivity contribution in [3.8, 4) is 0 Å². The molecule has 0 heterocycles. The van der Waals surface area contributed by atoms with Crippen LogP contribution < -0.4 is 0 Å². The van der Waals surface area contributed by atoms with Crippen molar-refractivity contribution < 1.29 is 17.1 Å². The molecule has 1 radical (unpaired) electrons. The van der Waals surface area contributed by atoms with Crippen LogP contribution in [-0.2, 0) is 17.1 Å². The van der Waals surface area contributed by atoms with E-state index >= 15 is 0 Å². The summed E-state index contributed by atoms with van der Waals surface area (Å²) in [5.41, 5.74) is 0. The minimum absolute atomic E-state index is 0. The zero-order valence-electron chi connectivity index (χ0n) is 31.4. The number of unbranched alkanes of at least 4 members (excludes halogenated alkanes) is 15. The van der Waals surface area contributed by atoms with Crippen LogP contribution in [-0.4, -0.2) is 59.3 Å². The molecule has 0 aromatic rings. The molecule has 0 unspecified atom stereocenters.